The van der Waals surface area contributed by atoms with E-state index in [1.54, 1.807) is 0 Å². The van der Waals surface area contributed by atoms with Crippen LogP contribution in [0.4, 0.5) is 0 Å². The average molecular weight is 149 g/mol. The minimum atomic E-state index is 0.820. The molecule has 1 rings (SSSR count). The van der Waals surface area contributed by atoms with Gasteiger partial charge in [0.25, 0.3) is 0 Å². The summed E-state index contributed by atoms with van der Waals surface area (Å²) in [7, 11) is 0. The third kappa shape index (κ3) is 3.08. The van der Waals surface area contributed by atoms with Crippen molar-refractivity contribution < 1.29 is 4.74 Å². The van der Waals surface area contributed by atoms with Gasteiger partial charge in [-0.15, -0.1) is 0 Å². The highest BCUT2D eigenvalue weighted by molar-refractivity contribution is 5.20. The summed E-state index contributed by atoms with van der Waals surface area (Å²) in [5.41, 5.74) is 0. The summed E-state index contributed by atoms with van der Waals surface area (Å²) in [6.45, 7) is 2.97. The minimum Gasteiger partial charge on any atom is -0.494 e. The number of unbranched alkanes of at least 4 members (excludes halogenated alkanes) is 1. The van der Waals surface area contributed by atoms with Gasteiger partial charge in [-0.3, -0.25) is 0 Å². The first-order chi connectivity index (χ1) is 5.43. The van der Waals surface area contributed by atoms with Gasteiger partial charge < -0.3 is 4.74 Å². The Morgan fingerprint density at radius 2 is 2.09 bits per heavy atom. The molecule has 1 heteroatoms. The normalized spacial score (nSPS) is 9.55. The molecule has 0 fully saturated rings. The van der Waals surface area contributed by atoms with E-state index in [1.807, 2.05) is 24.3 Å². The van der Waals surface area contributed by atoms with Gasteiger partial charge in [0.1, 0.15) is 5.75 Å². The number of hydrogen-bond acceptors (Lipinski definition) is 1. The lowest BCUT2D eigenvalue weighted by Gasteiger charge is -2.03. The van der Waals surface area contributed by atoms with Gasteiger partial charge in [-0.05, 0) is 24.6 Å². The molecule has 0 spiro atoms. The van der Waals surface area contributed by atoms with Gasteiger partial charge in [-0.2, -0.15) is 0 Å². The van der Waals surface area contributed by atoms with Crippen LogP contribution in [0.2, 0.25) is 0 Å². The van der Waals surface area contributed by atoms with Crippen LogP contribution in [0.3, 0.4) is 0 Å². The molecule has 59 valence electrons. The van der Waals surface area contributed by atoms with Crippen molar-refractivity contribution in [3.8, 4) is 5.75 Å². The third-order valence-electron chi connectivity index (χ3n) is 1.45. The summed E-state index contributed by atoms with van der Waals surface area (Å²) in [6, 6.07) is 10.5. The Hall–Kier alpha value is -0.980. The highest BCUT2D eigenvalue weighted by atomic mass is 16.5. The Bertz CT molecular complexity index is 181. The van der Waals surface area contributed by atoms with Gasteiger partial charge in [0, 0.05) is 0 Å². The lowest BCUT2D eigenvalue weighted by molar-refractivity contribution is 0.309. The monoisotopic (exact) mass is 149 g/mol. The second-order valence-electron chi connectivity index (χ2n) is 2.44. The highest BCUT2D eigenvalue weighted by Crippen LogP contribution is 2.08. The summed E-state index contributed by atoms with van der Waals surface area (Å²) in [4.78, 5) is 0. The third-order valence-corrected chi connectivity index (χ3v) is 1.45. The molecule has 0 N–H and O–H groups in total. The summed E-state index contributed by atoms with van der Waals surface area (Å²) in [6.07, 6.45) is 2.30. The summed E-state index contributed by atoms with van der Waals surface area (Å²) < 4.78 is 5.43. The van der Waals surface area contributed by atoms with Gasteiger partial charge in [-0.25, -0.2) is 0 Å². The predicted octanol–water partition coefficient (Wildman–Crippen LogP) is 2.67. The zero-order valence-electron chi connectivity index (χ0n) is 6.84. The van der Waals surface area contributed by atoms with Crippen molar-refractivity contribution in [1.29, 1.82) is 0 Å². The molecule has 0 aliphatic carbocycles. The molecule has 0 aliphatic heterocycles. The topological polar surface area (TPSA) is 9.23 Å². The average Bonchev–Trinajstić information content (AvgIpc) is 2.07. The lowest BCUT2D eigenvalue weighted by atomic mass is 10.3. The SMILES string of the molecule is CCCCOc1cc[c]cc1. The molecule has 0 aliphatic rings. The van der Waals surface area contributed by atoms with Crippen molar-refractivity contribution >= 4 is 0 Å². The van der Waals surface area contributed by atoms with E-state index in [0.29, 0.717) is 0 Å². The Labute approximate surface area is 68.0 Å². The van der Waals surface area contributed by atoms with E-state index >= 15 is 0 Å². The molecule has 0 unspecified atom stereocenters. The van der Waals surface area contributed by atoms with Crippen LogP contribution in [-0.4, -0.2) is 6.61 Å². The van der Waals surface area contributed by atoms with E-state index in [2.05, 4.69) is 13.0 Å². The van der Waals surface area contributed by atoms with Crippen molar-refractivity contribution in [3.05, 3.63) is 30.3 Å². The van der Waals surface area contributed by atoms with Crippen LogP contribution in [0.25, 0.3) is 0 Å². The van der Waals surface area contributed by atoms with Crippen LogP contribution in [0.1, 0.15) is 19.8 Å². The fourth-order valence-corrected chi connectivity index (χ4v) is 0.802. The van der Waals surface area contributed by atoms with E-state index in [4.69, 9.17) is 4.74 Å². The maximum absolute atomic E-state index is 5.43. The van der Waals surface area contributed by atoms with Crippen LogP contribution in [0.15, 0.2) is 24.3 Å². The van der Waals surface area contributed by atoms with Gasteiger partial charge in [0.15, 0.2) is 0 Å². The van der Waals surface area contributed by atoms with Crippen LogP contribution < -0.4 is 4.74 Å². The molecule has 1 nitrogen and oxygen atoms in total. The largest absolute Gasteiger partial charge is 0.494 e. The molecule has 1 aromatic carbocycles. The zero-order chi connectivity index (χ0) is 7.94. The first-order valence-corrected chi connectivity index (χ1v) is 4.02. The number of benzene rings is 1. The van der Waals surface area contributed by atoms with Crippen molar-refractivity contribution in [1.82, 2.24) is 0 Å². The van der Waals surface area contributed by atoms with Gasteiger partial charge >= 0.3 is 0 Å². The summed E-state index contributed by atoms with van der Waals surface area (Å²) in [5.74, 6) is 0.942. The standard InChI is InChI=1S/C10H13O/c1-2-3-9-11-10-7-5-4-6-8-10/h5-8H,2-3,9H2,1H3. The Balaban J connectivity index is 2.28. The Morgan fingerprint density at radius 1 is 1.36 bits per heavy atom. The molecular formula is C10H13O. The first-order valence-electron chi connectivity index (χ1n) is 4.02. The summed E-state index contributed by atoms with van der Waals surface area (Å²) >= 11 is 0. The molecule has 0 atom stereocenters. The molecular weight excluding hydrogens is 136 g/mol. The molecule has 0 bridgehead atoms. The quantitative estimate of drug-likeness (QED) is 0.598. The maximum Gasteiger partial charge on any atom is 0.119 e. The fourth-order valence-electron chi connectivity index (χ4n) is 0.802. The van der Waals surface area contributed by atoms with E-state index < -0.39 is 0 Å². The molecule has 0 aromatic heterocycles. The van der Waals surface area contributed by atoms with Crippen LogP contribution in [-0.2, 0) is 0 Å². The Morgan fingerprint density at radius 3 is 2.73 bits per heavy atom. The highest BCUT2D eigenvalue weighted by Gasteiger charge is 1.88. The predicted molar refractivity (Wildman–Crippen MR) is 45.7 cm³/mol. The fraction of sp³-hybridized carbons (Fsp3) is 0.400. The van der Waals surface area contributed by atoms with Crippen molar-refractivity contribution in [2.45, 2.75) is 19.8 Å². The van der Waals surface area contributed by atoms with Crippen LogP contribution in [0.5, 0.6) is 5.75 Å². The van der Waals surface area contributed by atoms with E-state index in [9.17, 15) is 0 Å². The van der Waals surface area contributed by atoms with Gasteiger partial charge in [-0.1, -0.05) is 25.5 Å². The van der Waals surface area contributed by atoms with Gasteiger partial charge in [0.2, 0.25) is 0 Å². The first kappa shape index (κ1) is 8.12. The molecule has 1 radical (unpaired) electrons. The number of hydrogen-bond donors (Lipinski definition) is 0. The molecule has 0 saturated heterocycles. The molecule has 0 amide bonds. The second kappa shape index (κ2) is 4.78. The Kier molecular flexibility index (Phi) is 3.53. The van der Waals surface area contributed by atoms with E-state index in [-0.39, 0.29) is 0 Å². The van der Waals surface area contributed by atoms with Crippen molar-refractivity contribution in [3.63, 3.8) is 0 Å². The zero-order valence-corrected chi connectivity index (χ0v) is 6.84. The van der Waals surface area contributed by atoms with E-state index in [0.717, 1.165) is 18.8 Å². The lowest BCUT2D eigenvalue weighted by Crippen LogP contribution is -1.95. The van der Waals surface area contributed by atoms with Crippen LogP contribution >= 0.6 is 0 Å². The van der Waals surface area contributed by atoms with Gasteiger partial charge in [0.05, 0.1) is 6.61 Å². The minimum absolute atomic E-state index is 0.820. The number of ether oxygens (including phenoxy) is 1. The molecule has 0 heterocycles. The van der Waals surface area contributed by atoms with E-state index in [1.165, 1.54) is 6.42 Å². The molecule has 11 heavy (non-hydrogen) atoms. The maximum atomic E-state index is 5.43. The second-order valence-corrected chi connectivity index (χ2v) is 2.44. The van der Waals surface area contributed by atoms with Crippen molar-refractivity contribution in [2.75, 3.05) is 6.61 Å². The number of rotatable bonds is 4. The van der Waals surface area contributed by atoms with Crippen molar-refractivity contribution in [2.24, 2.45) is 0 Å². The molecule has 1 aromatic rings. The van der Waals surface area contributed by atoms with Crippen LogP contribution in [0, 0.1) is 6.07 Å². The summed E-state index contributed by atoms with van der Waals surface area (Å²) in [5, 5.41) is 0. The molecule has 0 saturated carbocycles. The smallest absolute Gasteiger partial charge is 0.119 e.